The van der Waals surface area contributed by atoms with Crippen molar-refractivity contribution in [2.75, 3.05) is 5.32 Å². The standard InChI is InChI=1S/C19H20N2OS2/c1-11-3-5-13-14-10-23-17(8-16(14)24-15(13)7-11)19(22)21-18-6-4-12(2)9-20-18/h4,6,8-9,11H,3,5,7,10H2,1-2H3,(H,20,21,22). The Bertz CT molecular complexity index is 821. The molecule has 1 atom stereocenters. The van der Waals surface area contributed by atoms with Crippen LogP contribution in [0.4, 0.5) is 5.82 Å². The number of nitrogens with zero attached hydrogens (tertiary/aromatic N) is 1. The van der Waals surface area contributed by atoms with E-state index in [0.717, 1.165) is 22.1 Å². The summed E-state index contributed by atoms with van der Waals surface area (Å²) in [4.78, 5) is 20.4. The first-order valence-electron chi connectivity index (χ1n) is 8.32. The van der Waals surface area contributed by atoms with Crippen LogP contribution < -0.4 is 5.32 Å². The summed E-state index contributed by atoms with van der Waals surface area (Å²) in [5, 5.41) is 2.90. The lowest BCUT2D eigenvalue weighted by atomic mass is 9.88. The zero-order valence-electron chi connectivity index (χ0n) is 13.9. The Balaban J connectivity index is 1.56. The lowest BCUT2D eigenvalue weighted by Gasteiger charge is -2.19. The molecular formula is C19H20N2OS2. The number of aromatic nitrogens is 1. The van der Waals surface area contributed by atoms with Crippen LogP contribution in [-0.2, 0) is 23.4 Å². The number of aryl methyl sites for hydroxylation is 1. The summed E-state index contributed by atoms with van der Waals surface area (Å²) >= 11 is 3.53. The van der Waals surface area contributed by atoms with Crippen LogP contribution in [0.15, 0.2) is 23.2 Å². The number of fused-ring (bicyclic) bond motifs is 3. The molecule has 2 aromatic heterocycles. The fourth-order valence-electron chi connectivity index (χ4n) is 3.27. The van der Waals surface area contributed by atoms with E-state index in [0.29, 0.717) is 5.82 Å². The summed E-state index contributed by atoms with van der Waals surface area (Å²) in [5.74, 6) is 2.25. The second-order valence-corrected chi connectivity index (χ2v) is 8.82. The van der Waals surface area contributed by atoms with E-state index in [1.807, 2.05) is 30.4 Å². The van der Waals surface area contributed by atoms with Gasteiger partial charge in [-0.3, -0.25) is 4.79 Å². The lowest BCUT2D eigenvalue weighted by Crippen LogP contribution is -2.15. The zero-order chi connectivity index (χ0) is 16.7. The molecule has 0 saturated heterocycles. The number of nitrogens with one attached hydrogen (secondary N) is 1. The molecule has 2 aromatic rings. The number of amides is 1. The van der Waals surface area contributed by atoms with E-state index in [1.54, 1.807) is 23.5 Å². The second kappa shape index (κ2) is 6.37. The van der Waals surface area contributed by atoms with Crippen LogP contribution in [0, 0.1) is 12.8 Å². The molecule has 1 N–H and O–H groups in total. The number of thioether (sulfide) groups is 1. The molecule has 1 aliphatic carbocycles. The minimum atomic E-state index is -0.0539. The van der Waals surface area contributed by atoms with Crippen LogP contribution >= 0.6 is 23.1 Å². The summed E-state index contributed by atoms with van der Waals surface area (Å²) in [6.45, 7) is 4.32. The first kappa shape index (κ1) is 15.9. The number of hydrogen-bond donors (Lipinski definition) is 1. The molecule has 24 heavy (non-hydrogen) atoms. The molecule has 0 spiro atoms. The molecule has 0 radical (unpaired) electrons. The quantitative estimate of drug-likeness (QED) is 0.840. The number of thiophene rings is 1. The monoisotopic (exact) mass is 356 g/mol. The molecule has 3 nitrogen and oxygen atoms in total. The predicted octanol–water partition coefficient (Wildman–Crippen LogP) is 4.80. The van der Waals surface area contributed by atoms with Crippen LogP contribution in [0.1, 0.15) is 39.8 Å². The van der Waals surface area contributed by atoms with Gasteiger partial charge in [0.2, 0.25) is 0 Å². The van der Waals surface area contributed by atoms with Gasteiger partial charge in [-0.25, -0.2) is 4.98 Å². The van der Waals surface area contributed by atoms with Gasteiger partial charge in [-0.2, -0.15) is 0 Å². The Labute approximate surface area is 150 Å². The Morgan fingerprint density at radius 1 is 1.33 bits per heavy atom. The van der Waals surface area contributed by atoms with Gasteiger partial charge in [0.15, 0.2) is 0 Å². The molecule has 124 valence electrons. The molecule has 4 rings (SSSR count). The van der Waals surface area contributed by atoms with Gasteiger partial charge >= 0.3 is 0 Å². The van der Waals surface area contributed by atoms with E-state index in [2.05, 4.69) is 23.3 Å². The smallest absolute Gasteiger partial charge is 0.263 e. The highest BCUT2D eigenvalue weighted by Crippen LogP contribution is 2.43. The summed E-state index contributed by atoms with van der Waals surface area (Å²) in [6, 6.07) is 3.80. The molecule has 1 aliphatic heterocycles. The summed E-state index contributed by atoms with van der Waals surface area (Å²) in [7, 11) is 0. The molecular weight excluding hydrogens is 336 g/mol. The van der Waals surface area contributed by atoms with E-state index in [4.69, 9.17) is 0 Å². The van der Waals surface area contributed by atoms with Gasteiger partial charge in [0.05, 0.1) is 4.91 Å². The number of rotatable bonds is 2. The average molecular weight is 357 g/mol. The zero-order valence-corrected chi connectivity index (χ0v) is 15.5. The molecule has 3 heterocycles. The van der Waals surface area contributed by atoms with Gasteiger partial charge < -0.3 is 5.32 Å². The maximum Gasteiger partial charge on any atom is 0.263 e. The number of pyridine rings is 1. The van der Waals surface area contributed by atoms with E-state index in [-0.39, 0.29) is 5.91 Å². The molecule has 1 unspecified atom stereocenters. The molecule has 0 bridgehead atoms. The maximum atomic E-state index is 12.5. The fourth-order valence-corrected chi connectivity index (χ4v) is 5.93. The van der Waals surface area contributed by atoms with Crippen molar-refractivity contribution in [1.82, 2.24) is 4.98 Å². The number of anilines is 1. The van der Waals surface area contributed by atoms with Crippen molar-refractivity contribution in [2.45, 2.75) is 38.9 Å². The van der Waals surface area contributed by atoms with Crippen molar-refractivity contribution < 1.29 is 4.79 Å². The van der Waals surface area contributed by atoms with Crippen LogP contribution in [0.5, 0.6) is 0 Å². The first-order valence-corrected chi connectivity index (χ1v) is 10.1. The summed E-state index contributed by atoms with van der Waals surface area (Å²) < 4.78 is 0. The van der Waals surface area contributed by atoms with Crippen LogP contribution in [0.3, 0.4) is 0 Å². The number of carbonyl (C=O) groups excluding carboxylic acids is 1. The van der Waals surface area contributed by atoms with Crippen molar-refractivity contribution in [2.24, 2.45) is 5.92 Å². The maximum absolute atomic E-state index is 12.5. The van der Waals surface area contributed by atoms with Gasteiger partial charge in [-0.1, -0.05) is 13.0 Å². The van der Waals surface area contributed by atoms with Crippen molar-refractivity contribution in [1.29, 1.82) is 0 Å². The third-order valence-electron chi connectivity index (χ3n) is 4.66. The predicted molar refractivity (Wildman–Crippen MR) is 102 cm³/mol. The SMILES string of the molecule is Cc1ccc(NC(=O)C2=Cc3sc4c(c3CS2)CCC(C)C4)nc1. The van der Waals surface area contributed by atoms with Crippen LogP contribution in [0.2, 0.25) is 0 Å². The van der Waals surface area contributed by atoms with Crippen molar-refractivity contribution >= 4 is 40.9 Å². The number of carbonyl (C=O) groups is 1. The van der Waals surface area contributed by atoms with Crippen molar-refractivity contribution in [3.63, 3.8) is 0 Å². The largest absolute Gasteiger partial charge is 0.306 e. The molecule has 0 aromatic carbocycles. The molecule has 5 heteroatoms. The van der Waals surface area contributed by atoms with Gasteiger partial charge in [-0.15, -0.1) is 23.1 Å². The topological polar surface area (TPSA) is 42.0 Å². The van der Waals surface area contributed by atoms with E-state index < -0.39 is 0 Å². The minimum absolute atomic E-state index is 0.0539. The molecule has 0 saturated carbocycles. The van der Waals surface area contributed by atoms with Crippen LogP contribution in [-0.4, -0.2) is 10.9 Å². The third-order valence-corrected chi connectivity index (χ3v) is 6.95. The van der Waals surface area contributed by atoms with E-state index in [1.165, 1.54) is 34.6 Å². The van der Waals surface area contributed by atoms with Gasteiger partial charge in [-0.05, 0) is 60.9 Å². The van der Waals surface area contributed by atoms with Gasteiger partial charge in [0.1, 0.15) is 5.82 Å². The third kappa shape index (κ3) is 3.03. The van der Waals surface area contributed by atoms with E-state index >= 15 is 0 Å². The fraction of sp³-hybridized carbons (Fsp3) is 0.368. The highest BCUT2D eigenvalue weighted by atomic mass is 32.2. The summed E-state index contributed by atoms with van der Waals surface area (Å²) in [6.07, 6.45) is 7.52. The van der Waals surface area contributed by atoms with Crippen molar-refractivity contribution in [3.05, 3.63) is 49.7 Å². The Kier molecular flexibility index (Phi) is 4.22. The summed E-state index contributed by atoms with van der Waals surface area (Å²) in [5.41, 5.74) is 4.12. The minimum Gasteiger partial charge on any atom is -0.306 e. The van der Waals surface area contributed by atoms with Crippen LogP contribution in [0.25, 0.3) is 6.08 Å². The Morgan fingerprint density at radius 2 is 2.21 bits per heavy atom. The highest BCUT2D eigenvalue weighted by molar-refractivity contribution is 8.03. The number of hydrogen-bond acceptors (Lipinski definition) is 4. The highest BCUT2D eigenvalue weighted by Gasteiger charge is 2.26. The van der Waals surface area contributed by atoms with Gasteiger partial charge in [0, 0.05) is 21.7 Å². The Hall–Kier alpha value is -1.59. The molecule has 0 fully saturated rings. The molecule has 1 amide bonds. The normalized spacial score (nSPS) is 19.2. The second-order valence-electron chi connectivity index (χ2n) is 6.67. The Morgan fingerprint density at radius 3 is 3.00 bits per heavy atom. The first-order chi connectivity index (χ1) is 11.6. The lowest BCUT2D eigenvalue weighted by molar-refractivity contribution is -0.112. The van der Waals surface area contributed by atoms with E-state index in [9.17, 15) is 4.79 Å². The van der Waals surface area contributed by atoms with Gasteiger partial charge in [0.25, 0.3) is 5.91 Å². The average Bonchev–Trinajstić information content (AvgIpc) is 2.93. The van der Waals surface area contributed by atoms with Crippen molar-refractivity contribution in [3.8, 4) is 0 Å². The molecule has 2 aliphatic rings.